The smallest absolute Gasteiger partial charge is 0.119 e. The van der Waals surface area contributed by atoms with Crippen LogP contribution < -0.4 is 10.1 Å². The lowest BCUT2D eigenvalue weighted by molar-refractivity contribution is 0.210. The summed E-state index contributed by atoms with van der Waals surface area (Å²) >= 11 is 0. The van der Waals surface area contributed by atoms with Crippen LogP contribution in [-0.4, -0.2) is 37.2 Å². The molecule has 0 amide bonds. The molecule has 2 aliphatic rings. The van der Waals surface area contributed by atoms with Gasteiger partial charge in [0.1, 0.15) is 5.75 Å². The molecule has 1 heterocycles. The summed E-state index contributed by atoms with van der Waals surface area (Å²) in [5.41, 5.74) is 1.21. The number of hydrogen-bond donors (Lipinski definition) is 1. The Bertz CT molecular complexity index is 412. The van der Waals surface area contributed by atoms with Crippen LogP contribution in [0, 0.1) is 0 Å². The Kier molecular flexibility index (Phi) is 4.46. The van der Waals surface area contributed by atoms with Crippen LogP contribution in [0.3, 0.4) is 0 Å². The van der Waals surface area contributed by atoms with Crippen LogP contribution in [0.2, 0.25) is 0 Å². The minimum absolute atomic E-state index is 0.445. The second-order valence-corrected chi connectivity index (χ2v) is 6.29. The maximum atomic E-state index is 6.00. The lowest BCUT2D eigenvalue weighted by Crippen LogP contribution is -2.39. The van der Waals surface area contributed by atoms with Crippen LogP contribution >= 0.6 is 0 Å². The normalized spacial score (nSPS) is 24.8. The van der Waals surface area contributed by atoms with Crippen molar-refractivity contribution in [3.8, 4) is 5.75 Å². The number of piperidine rings is 1. The van der Waals surface area contributed by atoms with Crippen molar-refractivity contribution in [2.75, 3.05) is 25.5 Å². The topological polar surface area (TPSA) is 24.5 Å². The first kappa shape index (κ1) is 13.7. The van der Waals surface area contributed by atoms with Crippen molar-refractivity contribution in [1.29, 1.82) is 0 Å². The number of benzene rings is 1. The molecular weight excluding hydrogens is 248 g/mol. The van der Waals surface area contributed by atoms with E-state index in [1.54, 1.807) is 0 Å². The van der Waals surface area contributed by atoms with Gasteiger partial charge in [0.05, 0.1) is 6.10 Å². The largest absolute Gasteiger partial charge is 0.490 e. The molecule has 1 saturated heterocycles. The first-order valence-electron chi connectivity index (χ1n) is 8.01. The summed E-state index contributed by atoms with van der Waals surface area (Å²) in [4.78, 5) is 2.40. The summed E-state index contributed by atoms with van der Waals surface area (Å²) in [5.74, 6) is 1.02. The Hall–Kier alpha value is -1.22. The standard InChI is InChI=1S/C17H26N2O/c1-19-12-4-5-15(13-19)18-14-8-10-17(11-9-14)20-16-6-2-3-7-16/h8-11,15-16,18H,2-7,12-13H2,1H3. The first-order valence-corrected chi connectivity index (χ1v) is 8.01. The van der Waals surface area contributed by atoms with E-state index in [-0.39, 0.29) is 0 Å². The number of anilines is 1. The zero-order valence-corrected chi connectivity index (χ0v) is 12.5. The van der Waals surface area contributed by atoms with Gasteiger partial charge in [-0.3, -0.25) is 0 Å². The molecule has 110 valence electrons. The molecule has 1 atom stereocenters. The summed E-state index contributed by atoms with van der Waals surface area (Å²) < 4.78 is 6.00. The highest BCUT2D eigenvalue weighted by Crippen LogP contribution is 2.25. The number of nitrogens with zero attached hydrogens (tertiary/aromatic N) is 1. The second-order valence-electron chi connectivity index (χ2n) is 6.29. The molecule has 1 saturated carbocycles. The van der Waals surface area contributed by atoms with Gasteiger partial charge in [-0.1, -0.05) is 0 Å². The van der Waals surface area contributed by atoms with Gasteiger partial charge in [-0.2, -0.15) is 0 Å². The SMILES string of the molecule is CN1CCCC(Nc2ccc(OC3CCCC3)cc2)C1. The van der Waals surface area contributed by atoms with Crippen molar-refractivity contribution >= 4 is 5.69 Å². The van der Waals surface area contributed by atoms with E-state index in [1.165, 1.54) is 50.8 Å². The van der Waals surface area contributed by atoms with Crippen molar-refractivity contribution in [3.05, 3.63) is 24.3 Å². The zero-order chi connectivity index (χ0) is 13.8. The average Bonchev–Trinajstić information content (AvgIpc) is 2.94. The molecule has 3 nitrogen and oxygen atoms in total. The monoisotopic (exact) mass is 274 g/mol. The van der Waals surface area contributed by atoms with Crippen molar-refractivity contribution in [2.24, 2.45) is 0 Å². The van der Waals surface area contributed by atoms with E-state index in [2.05, 4.69) is 41.5 Å². The summed E-state index contributed by atoms with van der Waals surface area (Å²) in [5, 5.41) is 3.63. The molecular formula is C17H26N2O. The van der Waals surface area contributed by atoms with E-state index >= 15 is 0 Å². The molecule has 20 heavy (non-hydrogen) atoms. The molecule has 1 unspecified atom stereocenters. The van der Waals surface area contributed by atoms with Crippen molar-refractivity contribution in [3.63, 3.8) is 0 Å². The number of hydrogen-bond acceptors (Lipinski definition) is 3. The van der Waals surface area contributed by atoms with E-state index in [0.717, 1.165) is 12.3 Å². The van der Waals surface area contributed by atoms with Crippen molar-refractivity contribution in [2.45, 2.75) is 50.7 Å². The van der Waals surface area contributed by atoms with Gasteiger partial charge in [0.15, 0.2) is 0 Å². The van der Waals surface area contributed by atoms with Crippen LogP contribution in [0.1, 0.15) is 38.5 Å². The van der Waals surface area contributed by atoms with Gasteiger partial charge in [-0.05, 0) is 76.4 Å². The molecule has 1 aromatic rings. The lowest BCUT2D eigenvalue weighted by Gasteiger charge is -2.30. The molecule has 0 spiro atoms. The Labute approximate surface area is 122 Å². The van der Waals surface area contributed by atoms with E-state index in [0.29, 0.717) is 12.1 Å². The molecule has 3 heteroatoms. The van der Waals surface area contributed by atoms with Gasteiger partial charge < -0.3 is 15.0 Å². The maximum absolute atomic E-state index is 6.00. The molecule has 1 N–H and O–H groups in total. The van der Waals surface area contributed by atoms with E-state index < -0.39 is 0 Å². The number of likely N-dealkylation sites (tertiary alicyclic amines) is 1. The Morgan fingerprint density at radius 2 is 1.80 bits per heavy atom. The Morgan fingerprint density at radius 1 is 1.05 bits per heavy atom. The number of rotatable bonds is 4. The third-order valence-corrected chi connectivity index (χ3v) is 4.45. The number of likely N-dealkylation sites (N-methyl/N-ethyl adjacent to an activating group) is 1. The van der Waals surface area contributed by atoms with Crippen LogP contribution in [0.4, 0.5) is 5.69 Å². The Balaban J connectivity index is 1.52. The Morgan fingerprint density at radius 3 is 2.50 bits per heavy atom. The van der Waals surface area contributed by atoms with Gasteiger partial charge in [-0.15, -0.1) is 0 Å². The predicted octanol–water partition coefficient (Wildman–Crippen LogP) is 3.51. The quantitative estimate of drug-likeness (QED) is 0.909. The molecule has 1 aliphatic carbocycles. The average molecular weight is 274 g/mol. The number of ether oxygens (including phenoxy) is 1. The fraction of sp³-hybridized carbons (Fsp3) is 0.647. The van der Waals surface area contributed by atoms with Crippen molar-refractivity contribution < 1.29 is 4.74 Å². The molecule has 1 aliphatic heterocycles. The third kappa shape index (κ3) is 3.66. The van der Waals surface area contributed by atoms with Crippen LogP contribution in [0.15, 0.2) is 24.3 Å². The molecule has 0 aromatic heterocycles. The van der Waals surface area contributed by atoms with Gasteiger partial charge in [0, 0.05) is 18.3 Å². The van der Waals surface area contributed by atoms with Gasteiger partial charge >= 0.3 is 0 Å². The highest BCUT2D eigenvalue weighted by Gasteiger charge is 2.18. The highest BCUT2D eigenvalue weighted by atomic mass is 16.5. The summed E-state index contributed by atoms with van der Waals surface area (Å²) in [6.45, 7) is 2.37. The second kappa shape index (κ2) is 6.49. The number of nitrogens with one attached hydrogen (secondary N) is 1. The summed E-state index contributed by atoms with van der Waals surface area (Å²) in [6.07, 6.45) is 8.07. The van der Waals surface area contributed by atoms with Crippen LogP contribution in [0.5, 0.6) is 5.75 Å². The molecule has 0 radical (unpaired) electrons. The fourth-order valence-corrected chi connectivity index (χ4v) is 3.35. The first-order chi connectivity index (χ1) is 9.79. The van der Waals surface area contributed by atoms with Gasteiger partial charge in [-0.25, -0.2) is 0 Å². The van der Waals surface area contributed by atoms with Crippen LogP contribution in [-0.2, 0) is 0 Å². The molecule has 3 rings (SSSR count). The summed E-state index contributed by atoms with van der Waals surface area (Å²) in [6, 6.07) is 9.09. The highest BCUT2D eigenvalue weighted by molar-refractivity contribution is 5.47. The molecule has 2 fully saturated rings. The molecule has 1 aromatic carbocycles. The zero-order valence-electron chi connectivity index (χ0n) is 12.5. The predicted molar refractivity (Wildman–Crippen MR) is 83.5 cm³/mol. The van der Waals surface area contributed by atoms with E-state index in [4.69, 9.17) is 4.74 Å². The van der Waals surface area contributed by atoms with Crippen molar-refractivity contribution in [1.82, 2.24) is 4.90 Å². The van der Waals surface area contributed by atoms with E-state index in [9.17, 15) is 0 Å². The minimum Gasteiger partial charge on any atom is -0.490 e. The third-order valence-electron chi connectivity index (χ3n) is 4.45. The lowest BCUT2D eigenvalue weighted by atomic mass is 10.1. The van der Waals surface area contributed by atoms with Crippen LogP contribution in [0.25, 0.3) is 0 Å². The summed E-state index contributed by atoms with van der Waals surface area (Å²) in [7, 11) is 2.20. The van der Waals surface area contributed by atoms with Gasteiger partial charge in [0.25, 0.3) is 0 Å². The fourth-order valence-electron chi connectivity index (χ4n) is 3.35. The van der Waals surface area contributed by atoms with E-state index in [1.807, 2.05) is 0 Å². The maximum Gasteiger partial charge on any atom is 0.119 e. The molecule has 0 bridgehead atoms. The minimum atomic E-state index is 0.445. The van der Waals surface area contributed by atoms with Gasteiger partial charge in [0.2, 0.25) is 0 Å².